The van der Waals surface area contributed by atoms with Crippen LogP contribution in [-0.4, -0.2) is 38.8 Å². The third-order valence-corrected chi connectivity index (χ3v) is 6.27. The minimum atomic E-state index is -3.81. The second-order valence-corrected chi connectivity index (χ2v) is 8.53. The van der Waals surface area contributed by atoms with Crippen LogP contribution in [0.15, 0.2) is 41.3 Å². The Hall–Kier alpha value is -2.09. The van der Waals surface area contributed by atoms with Crippen LogP contribution in [0.3, 0.4) is 0 Å². The number of halogens is 1. The number of likely N-dealkylation sites (N-methyl/N-ethyl adjacent to an activating group) is 1. The summed E-state index contributed by atoms with van der Waals surface area (Å²) in [6.45, 7) is 5.59. The largest absolute Gasteiger partial charge is 0.494 e. The molecule has 0 aliphatic rings. The zero-order chi connectivity index (χ0) is 20.2. The summed E-state index contributed by atoms with van der Waals surface area (Å²) < 4.78 is 31.9. The van der Waals surface area contributed by atoms with Crippen molar-refractivity contribution >= 4 is 33.2 Å². The van der Waals surface area contributed by atoms with Crippen LogP contribution in [-0.2, 0) is 14.8 Å². The van der Waals surface area contributed by atoms with Gasteiger partial charge in [-0.25, -0.2) is 8.42 Å². The monoisotopic (exact) mass is 410 g/mol. The van der Waals surface area contributed by atoms with Gasteiger partial charge in [0.05, 0.1) is 18.0 Å². The van der Waals surface area contributed by atoms with Gasteiger partial charge in [0.15, 0.2) is 0 Å². The second kappa shape index (κ2) is 8.73. The van der Waals surface area contributed by atoms with Gasteiger partial charge in [0.1, 0.15) is 5.75 Å². The number of carbonyl (C=O) groups is 1. The first-order valence-electron chi connectivity index (χ1n) is 8.41. The maximum atomic E-state index is 12.7. The fourth-order valence-electron chi connectivity index (χ4n) is 2.50. The SMILES string of the molecule is CCOc1ccc(S(=O)(=O)N(C)CC(=O)Nc2cccc(Cl)c2C)cc1C. The highest BCUT2D eigenvalue weighted by Gasteiger charge is 2.24. The molecule has 0 fully saturated rings. The number of carbonyl (C=O) groups excluding carboxylic acids is 1. The summed E-state index contributed by atoms with van der Waals surface area (Å²) in [5.41, 5.74) is 1.99. The van der Waals surface area contributed by atoms with Gasteiger partial charge >= 0.3 is 0 Å². The Morgan fingerprint density at radius 3 is 2.56 bits per heavy atom. The molecule has 2 aromatic rings. The number of anilines is 1. The zero-order valence-corrected chi connectivity index (χ0v) is 17.3. The van der Waals surface area contributed by atoms with Gasteiger partial charge in [-0.1, -0.05) is 17.7 Å². The van der Waals surface area contributed by atoms with Gasteiger partial charge in [-0.15, -0.1) is 0 Å². The number of aryl methyl sites for hydroxylation is 1. The summed E-state index contributed by atoms with van der Waals surface area (Å²) >= 11 is 6.04. The molecule has 0 heterocycles. The lowest BCUT2D eigenvalue weighted by molar-refractivity contribution is -0.116. The fraction of sp³-hybridized carbons (Fsp3) is 0.316. The maximum absolute atomic E-state index is 12.7. The number of rotatable bonds is 7. The van der Waals surface area contributed by atoms with Crippen LogP contribution in [0.5, 0.6) is 5.75 Å². The van der Waals surface area contributed by atoms with Crippen LogP contribution in [0.4, 0.5) is 5.69 Å². The average Bonchev–Trinajstić information content (AvgIpc) is 2.60. The summed E-state index contributed by atoms with van der Waals surface area (Å²) in [6.07, 6.45) is 0. The molecular weight excluding hydrogens is 388 g/mol. The normalized spacial score (nSPS) is 11.5. The summed E-state index contributed by atoms with van der Waals surface area (Å²) in [5, 5.41) is 3.22. The van der Waals surface area contributed by atoms with E-state index in [1.54, 1.807) is 38.1 Å². The van der Waals surface area contributed by atoms with Crippen LogP contribution in [0, 0.1) is 13.8 Å². The lowest BCUT2D eigenvalue weighted by atomic mass is 10.2. The number of sulfonamides is 1. The van der Waals surface area contributed by atoms with Crippen molar-refractivity contribution in [1.29, 1.82) is 0 Å². The lowest BCUT2D eigenvalue weighted by Gasteiger charge is -2.18. The van der Waals surface area contributed by atoms with E-state index in [9.17, 15) is 13.2 Å². The van der Waals surface area contributed by atoms with Crippen molar-refractivity contribution in [1.82, 2.24) is 4.31 Å². The highest BCUT2D eigenvalue weighted by molar-refractivity contribution is 7.89. The second-order valence-electron chi connectivity index (χ2n) is 6.08. The van der Waals surface area contributed by atoms with E-state index in [0.717, 1.165) is 9.87 Å². The Kier molecular flexibility index (Phi) is 6.86. The van der Waals surface area contributed by atoms with Crippen LogP contribution < -0.4 is 10.1 Å². The summed E-state index contributed by atoms with van der Waals surface area (Å²) in [4.78, 5) is 12.4. The molecule has 2 rings (SSSR count). The lowest BCUT2D eigenvalue weighted by Crippen LogP contribution is -2.35. The number of amides is 1. The fourth-order valence-corrected chi connectivity index (χ4v) is 3.89. The van der Waals surface area contributed by atoms with Crippen molar-refractivity contribution < 1.29 is 17.9 Å². The van der Waals surface area contributed by atoms with Gasteiger partial charge in [0.2, 0.25) is 15.9 Å². The van der Waals surface area contributed by atoms with Gasteiger partial charge < -0.3 is 10.1 Å². The molecule has 27 heavy (non-hydrogen) atoms. The van der Waals surface area contributed by atoms with E-state index < -0.39 is 15.9 Å². The van der Waals surface area contributed by atoms with E-state index >= 15 is 0 Å². The molecule has 0 aliphatic carbocycles. The molecule has 2 aromatic carbocycles. The van der Waals surface area contributed by atoms with Crippen molar-refractivity contribution in [3.8, 4) is 5.75 Å². The molecule has 0 bridgehead atoms. The first-order chi connectivity index (χ1) is 12.7. The van der Waals surface area contributed by atoms with Crippen LogP contribution in [0.25, 0.3) is 0 Å². The molecule has 8 heteroatoms. The number of hydrogen-bond donors (Lipinski definition) is 1. The van der Waals surface area contributed by atoms with E-state index in [-0.39, 0.29) is 11.4 Å². The molecule has 0 radical (unpaired) electrons. The topological polar surface area (TPSA) is 75.7 Å². The highest BCUT2D eigenvalue weighted by atomic mass is 35.5. The highest BCUT2D eigenvalue weighted by Crippen LogP contribution is 2.25. The predicted octanol–water partition coefficient (Wildman–Crippen LogP) is 3.61. The minimum Gasteiger partial charge on any atom is -0.494 e. The Balaban J connectivity index is 2.13. The molecule has 1 amide bonds. The van der Waals surface area contributed by atoms with Crippen molar-refractivity contribution in [3.63, 3.8) is 0 Å². The number of benzene rings is 2. The Morgan fingerprint density at radius 2 is 1.93 bits per heavy atom. The summed E-state index contributed by atoms with van der Waals surface area (Å²) in [6, 6.07) is 9.78. The standard InChI is InChI=1S/C19H23ClN2O4S/c1-5-26-18-10-9-15(11-13(18)2)27(24,25)22(4)12-19(23)21-17-8-6-7-16(20)14(17)3/h6-11H,5,12H2,1-4H3,(H,21,23). The molecule has 0 spiro atoms. The first kappa shape index (κ1) is 21.2. The van der Waals surface area contributed by atoms with Crippen molar-refractivity contribution in [2.75, 3.05) is 25.5 Å². The summed E-state index contributed by atoms with van der Waals surface area (Å²) in [5.74, 6) is 0.183. The third-order valence-electron chi connectivity index (χ3n) is 4.06. The number of nitrogens with zero attached hydrogens (tertiary/aromatic N) is 1. The first-order valence-corrected chi connectivity index (χ1v) is 10.2. The molecule has 1 N–H and O–H groups in total. The molecular formula is C19H23ClN2O4S. The Bertz CT molecular complexity index is 945. The van der Waals surface area contributed by atoms with Crippen LogP contribution >= 0.6 is 11.6 Å². The molecule has 0 aliphatic heterocycles. The molecule has 146 valence electrons. The van der Waals surface area contributed by atoms with Gasteiger partial charge in [0.25, 0.3) is 0 Å². The van der Waals surface area contributed by atoms with E-state index in [0.29, 0.717) is 28.6 Å². The molecule has 0 aromatic heterocycles. The van der Waals surface area contributed by atoms with Gasteiger partial charge in [-0.2, -0.15) is 4.31 Å². The van der Waals surface area contributed by atoms with E-state index in [4.69, 9.17) is 16.3 Å². The van der Waals surface area contributed by atoms with E-state index in [1.165, 1.54) is 19.2 Å². The number of ether oxygens (including phenoxy) is 1. The van der Waals surface area contributed by atoms with Gasteiger partial charge in [0, 0.05) is 17.8 Å². The van der Waals surface area contributed by atoms with Crippen molar-refractivity contribution in [3.05, 3.63) is 52.5 Å². The van der Waals surface area contributed by atoms with Gasteiger partial charge in [-0.3, -0.25) is 4.79 Å². The third kappa shape index (κ3) is 5.00. The zero-order valence-electron chi connectivity index (χ0n) is 15.7. The minimum absolute atomic E-state index is 0.109. The van der Waals surface area contributed by atoms with Gasteiger partial charge in [-0.05, 0) is 62.2 Å². The summed E-state index contributed by atoms with van der Waals surface area (Å²) in [7, 11) is -2.44. The van der Waals surface area contributed by atoms with E-state index in [1.807, 2.05) is 6.92 Å². The maximum Gasteiger partial charge on any atom is 0.243 e. The molecule has 0 unspecified atom stereocenters. The quantitative estimate of drug-likeness (QED) is 0.756. The molecule has 0 atom stereocenters. The van der Waals surface area contributed by atoms with Crippen LogP contribution in [0.1, 0.15) is 18.1 Å². The molecule has 6 nitrogen and oxygen atoms in total. The number of nitrogens with one attached hydrogen (secondary N) is 1. The number of hydrogen-bond acceptors (Lipinski definition) is 4. The Labute approximate surface area is 165 Å². The molecule has 0 saturated carbocycles. The van der Waals surface area contributed by atoms with Crippen molar-refractivity contribution in [2.45, 2.75) is 25.7 Å². The van der Waals surface area contributed by atoms with E-state index in [2.05, 4.69) is 5.32 Å². The predicted molar refractivity (Wildman–Crippen MR) is 107 cm³/mol. The smallest absolute Gasteiger partial charge is 0.243 e. The van der Waals surface area contributed by atoms with Crippen molar-refractivity contribution in [2.24, 2.45) is 0 Å². The Morgan fingerprint density at radius 1 is 1.22 bits per heavy atom. The average molecular weight is 411 g/mol. The molecule has 0 saturated heterocycles. The van der Waals surface area contributed by atoms with Crippen LogP contribution in [0.2, 0.25) is 5.02 Å².